The van der Waals surface area contributed by atoms with Crippen molar-refractivity contribution in [3.8, 4) is 5.75 Å². The van der Waals surface area contributed by atoms with Crippen LogP contribution in [-0.4, -0.2) is 6.10 Å². The van der Waals surface area contributed by atoms with Gasteiger partial charge in [-0.2, -0.15) is 0 Å². The standard InChI is InChI=1S/C16H20O.C2H6/c1-6-12(3)14(5)17-16-11-9-8-10-15(16)13(4)7-2;1-2/h6-11,14H,2,4H2,1,3,5H3;1-2H3/b12-6-;. The van der Waals surface area contributed by atoms with Gasteiger partial charge >= 0.3 is 0 Å². The van der Waals surface area contributed by atoms with Crippen LogP contribution in [-0.2, 0) is 0 Å². The zero-order chi connectivity index (χ0) is 14.8. The van der Waals surface area contributed by atoms with Gasteiger partial charge in [-0.15, -0.1) is 0 Å². The van der Waals surface area contributed by atoms with E-state index in [9.17, 15) is 0 Å². The molecule has 0 saturated heterocycles. The Labute approximate surface area is 118 Å². The van der Waals surface area contributed by atoms with Crippen LogP contribution >= 0.6 is 0 Å². The van der Waals surface area contributed by atoms with Crippen molar-refractivity contribution in [1.82, 2.24) is 0 Å². The highest BCUT2D eigenvalue weighted by Crippen LogP contribution is 2.27. The fourth-order valence-corrected chi connectivity index (χ4v) is 1.46. The second kappa shape index (κ2) is 9.21. The molecule has 1 rings (SSSR count). The summed E-state index contributed by atoms with van der Waals surface area (Å²) in [5.74, 6) is 0.853. The third-order valence-electron chi connectivity index (χ3n) is 2.88. The maximum atomic E-state index is 5.94. The summed E-state index contributed by atoms with van der Waals surface area (Å²) in [6.07, 6.45) is 3.88. The lowest BCUT2D eigenvalue weighted by atomic mass is 10.1. The largest absolute Gasteiger partial charge is 0.486 e. The van der Waals surface area contributed by atoms with Gasteiger partial charge in [-0.3, -0.25) is 0 Å². The Kier molecular flexibility index (Phi) is 8.35. The Hall–Kier alpha value is -1.76. The van der Waals surface area contributed by atoms with Crippen molar-refractivity contribution >= 4 is 5.57 Å². The van der Waals surface area contributed by atoms with Gasteiger partial charge in [-0.05, 0) is 38.0 Å². The zero-order valence-electron chi connectivity index (χ0n) is 12.9. The van der Waals surface area contributed by atoms with Gasteiger partial charge < -0.3 is 4.74 Å². The minimum Gasteiger partial charge on any atom is -0.486 e. The number of para-hydroxylation sites is 1. The fourth-order valence-electron chi connectivity index (χ4n) is 1.46. The molecule has 0 aromatic heterocycles. The number of allylic oxidation sites excluding steroid dienone is 3. The normalized spacial score (nSPS) is 11.9. The smallest absolute Gasteiger partial charge is 0.128 e. The number of hydrogen-bond donors (Lipinski definition) is 0. The predicted octanol–water partition coefficient (Wildman–Crippen LogP) is 5.65. The highest BCUT2D eigenvalue weighted by Gasteiger charge is 2.09. The molecule has 19 heavy (non-hydrogen) atoms. The number of hydrogen-bond acceptors (Lipinski definition) is 1. The van der Waals surface area contributed by atoms with E-state index in [-0.39, 0.29) is 6.10 Å². The van der Waals surface area contributed by atoms with E-state index in [2.05, 4.69) is 26.2 Å². The molecule has 0 fully saturated rings. The van der Waals surface area contributed by atoms with E-state index >= 15 is 0 Å². The molecule has 0 saturated carbocycles. The van der Waals surface area contributed by atoms with Crippen molar-refractivity contribution in [2.45, 2.75) is 40.7 Å². The first-order valence-corrected chi connectivity index (χ1v) is 6.80. The minimum atomic E-state index is 0.0683. The Bertz CT molecular complexity index is 441. The van der Waals surface area contributed by atoms with Crippen LogP contribution in [0.3, 0.4) is 0 Å². The highest BCUT2D eigenvalue weighted by molar-refractivity contribution is 5.75. The molecule has 1 heteroatoms. The molecule has 0 heterocycles. The van der Waals surface area contributed by atoms with E-state index < -0.39 is 0 Å². The fraction of sp³-hybridized carbons (Fsp3) is 0.333. The average molecular weight is 258 g/mol. The molecule has 1 aromatic carbocycles. The average Bonchev–Trinajstić information content (AvgIpc) is 2.48. The molecule has 1 nitrogen and oxygen atoms in total. The minimum absolute atomic E-state index is 0.0683. The van der Waals surface area contributed by atoms with E-state index in [4.69, 9.17) is 4.74 Å². The SMILES string of the molecule is C=CC(=C)c1ccccc1OC(C)/C(C)=C\C.CC. The Morgan fingerprint density at radius 1 is 1.26 bits per heavy atom. The van der Waals surface area contributed by atoms with Crippen molar-refractivity contribution in [2.75, 3.05) is 0 Å². The molecule has 1 atom stereocenters. The van der Waals surface area contributed by atoms with Crippen LogP contribution in [0.1, 0.15) is 40.2 Å². The number of benzene rings is 1. The van der Waals surface area contributed by atoms with E-state index in [0.29, 0.717) is 0 Å². The lowest BCUT2D eigenvalue weighted by molar-refractivity contribution is 0.256. The van der Waals surface area contributed by atoms with Crippen molar-refractivity contribution in [3.05, 3.63) is 60.7 Å². The topological polar surface area (TPSA) is 9.23 Å². The quantitative estimate of drug-likeness (QED) is 0.490. The first kappa shape index (κ1) is 17.2. The van der Waals surface area contributed by atoms with Gasteiger partial charge in [0.15, 0.2) is 0 Å². The lowest BCUT2D eigenvalue weighted by Gasteiger charge is -2.18. The molecule has 0 bridgehead atoms. The Morgan fingerprint density at radius 3 is 2.37 bits per heavy atom. The lowest BCUT2D eigenvalue weighted by Crippen LogP contribution is -2.13. The molecule has 1 aromatic rings. The molecule has 0 radical (unpaired) electrons. The zero-order valence-corrected chi connectivity index (χ0v) is 12.9. The summed E-state index contributed by atoms with van der Waals surface area (Å²) >= 11 is 0. The molecule has 1 unspecified atom stereocenters. The van der Waals surface area contributed by atoms with E-state index in [0.717, 1.165) is 16.9 Å². The van der Waals surface area contributed by atoms with Crippen LogP contribution in [0.5, 0.6) is 5.75 Å². The molecule has 0 aliphatic rings. The second-order valence-corrected chi connectivity index (χ2v) is 4.02. The van der Waals surface area contributed by atoms with Gasteiger partial charge in [-0.25, -0.2) is 0 Å². The summed E-state index contributed by atoms with van der Waals surface area (Å²) in [4.78, 5) is 0. The van der Waals surface area contributed by atoms with Gasteiger partial charge in [0.2, 0.25) is 0 Å². The molecular weight excluding hydrogens is 232 g/mol. The maximum absolute atomic E-state index is 5.94. The van der Waals surface area contributed by atoms with Gasteiger partial charge in [0.1, 0.15) is 11.9 Å². The van der Waals surface area contributed by atoms with Crippen LogP contribution in [0.25, 0.3) is 5.57 Å². The van der Waals surface area contributed by atoms with E-state index in [1.165, 1.54) is 5.57 Å². The molecule has 104 valence electrons. The summed E-state index contributed by atoms with van der Waals surface area (Å²) in [5, 5.41) is 0. The third kappa shape index (κ3) is 5.17. The van der Waals surface area contributed by atoms with Gasteiger partial charge in [0.25, 0.3) is 0 Å². The van der Waals surface area contributed by atoms with Crippen molar-refractivity contribution < 1.29 is 4.74 Å². The number of rotatable bonds is 5. The van der Waals surface area contributed by atoms with Gasteiger partial charge in [-0.1, -0.05) is 57.4 Å². The maximum Gasteiger partial charge on any atom is 0.128 e. The third-order valence-corrected chi connectivity index (χ3v) is 2.88. The van der Waals surface area contributed by atoms with E-state index in [1.54, 1.807) is 6.08 Å². The Morgan fingerprint density at radius 2 is 1.84 bits per heavy atom. The van der Waals surface area contributed by atoms with E-state index in [1.807, 2.05) is 52.0 Å². The van der Waals surface area contributed by atoms with Crippen molar-refractivity contribution in [1.29, 1.82) is 0 Å². The van der Waals surface area contributed by atoms with Crippen LogP contribution in [0, 0.1) is 0 Å². The molecule has 0 spiro atoms. The second-order valence-electron chi connectivity index (χ2n) is 4.02. The van der Waals surface area contributed by atoms with Gasteiger partial charge in [0.05, 0.1) is 0 Å². The summed E-state index contributed by atoms with van der Waals surface area (Å²) in [6.45, 7) is 17.8. The summed E-state index contributed by atoms with van der Waals surface area (Å²) in [5.41, 5.74) is 3.09. The molecule has 0 aliphatic heterocycles. The Balaban J connectivity index is 0.00000154. The van der Waals surface area contributed by atoms with Crippen LogP contribution < -0.4 is 4.74 Å². The summed E-state index contributed by atoms with van der Waals surface area (Å²) in [7, 11) is 0. The first-order valence-electron chi connectivity index (χ1n) is 6.80. The summed E-state index contributed by atoms with van der Waals surface area (Å²) in [6, 6.07) is 7.90. The van der Waals surface area contributed by atoms with Crippen LogP contribution in [0.4, 0.5) is 0 Å². The monoisotopic (exact) mass is 258 g/mol. The van der Waals surface area contributed by atoms with Crippen LogP contribution in [0.15, 0.2) is 55.1 Å². The van der Waals surface area contributed by atoms with Crippen molar-refractivity contribution in [2.24, 2.45) is 0 Å². The number of ether oxygens (including phenoxy) is 1. The first-order chi connectivity index (χ1) is 9.10. The molecule has 0 aliphatic carbocycles. The molecular formula is C18H26O. The summed E-state index contributed by atoms with van der Waals surface area (Å²) < 4.78 is 5.94. The molecule has 0 N–H and O–H groups in total. The van der Waals surface area contributed by atoms with Crippen molar-refractivity contribution in [3.63, 3.8) is 0 Å². The van der Waals surface area contributed by atoms with Crippen LogP contribution in [0.2, 0.25) is 0 Å². The van der Waals surface area contributed by atoms with Gasteiger partial charge in [0, 0.05) is 5.56 Å². The highest BCUT2D eigenvalue weighted by atomic mass is 16.5. The molecule has 0 amide bonds. The predicted molar refractivity (Wildman–Crippen MR) is 86.5 cm³/mol.